The summed E-state index contributed by atoms with van der Waals surface area (Å²) in [6.45, 7) is 0. The maximum Gasteiger partial charge on any atom is 0.164 e. The van der Waals surface area contributed by atoms with E-state index in [9.17, 15) is 0 Å². The first-order valence-electron chi connectivity index (χ1n) is 18.7. The van der Waals surface area contributed by atoms with E-state index >= 15 is 0 Å². The Bertz CT molecular complexity index is 3230. The van der Waals surface area contributed by atoms with Crippen molar-refractivity contribution < 1.29 is 4.42 Å². The second kappa shape index (κ2) is 13.3. The van der Waals surface area contributed by atoms with Crippen molar-refractivity contribution in [2.24, 2.45) is 0 Å². The van der Waals surface area contributed by atoms with E-state index < -0.39 is 0 Å². The predicted octanol–water partition coefficient (Wildman–Crippen LogP) is 14.1. The first kappa shape index (κ1) is 32.2. The van der Waals surface area contributed by atoms with Gasteiger partial charge in [-0.1, -0.05) is 164 Å². The zero-order valence-electron chi connectivity index (χ0n) is 30.1. The SMILES string of the molecule is c1ccc(-c2ccc(-c3nc(-c4ccccc4)nc(-c4cccc5oc6ccc(-c7c(-c8ccccc8)ccc8c7sc7ccccc78)cc6c45)n3)cc2)cc1. The molecule has 3 heterocycles. The van der Waals surface area contributed by atoms with Gasteiger partial charge in [0.2, 0.25) is 0 Å². The maximum absolute atomic E-state index is 6.57. The highest BCUT2D eigenvalue weighted by atomic mass is 32.1. The summed E-state index contributed by atoms with van der Waals surface area (Å²) in [5.41, 5.74) is 11.4. The van der Waals surface area contributed by atoms with E-state index in [0.717, 1.165) is 55.3 Å². The van der Waals surface area contributed by atoms with Gasteiger partial charge in [0.25, 0.3) is 0 Å². The molecule has 5 heteroatoms. The van der Waals surface area contributed by atoms with Crippen LogP contribution in [0, 0.1) is 0 Å². The molecule has 56 heavy (non-hydrogen) atoms. The molecular weight excluding hydrogens is 703 g/mol. The van der Waals surface area contributed by atoms with Crippen molar-refractivity contribution in [3.8, 4) is 67.5 Å². The molecule has 4 nitrogen and oxygen atoms in total. The van der Waals surface area contributed by atoms with E-state index in [1.165, 1.54) is 36.9 Å². The third-order valence-corrected chi connectivity index (χ3v) is 11.8. The summed E-state index contributed by atoms with van der Waals surface area (Å²) in [6, 6.07) is 65.6. The van der Waals surface area contributed by atoms with Crippen LogP contribution in [0.5, 0.6) is 0 Å². The molecule has 8 aromatic carbocycles. The van der Waals surface area contributed by atoms with Crippen molar-refractivity contribution in [1.82, 2.24) is 15.0 Å². The van der Waals surface area contributed by atoms with E-state index in [1.54, 1.807) is 0 Å². The smallest absolute Gasteiger partial charge is 0.164 e. The first-order chi connectivity index (χ1) is 27.7. The van der Waals surface area contributed by atoms with Gasteiger partial charge in [-0.3, -0.25) is 0 Å². The molecule has 0 atom stereocenters. The standard InChI is InChI=1S/C51H31N3OS/c1-4-13-32(14-5-1)33-23-25-36(26-24-33)50-52-49(35-17-8-3-9-18-35)53-51(54-50)41-20-12-21-44-47(41)42-31-37(27-30-43(42)55-44)46-38(34-15-6-2-7-16-34)28-29-40-39-19-10-11-22-45(39)56-48(40)46/h1-31H. The van der Waals surface area contributed by atoms with Crippen LogP contribution >= 0.6 is 11.3 Å². The molecule has 3 aromatic heterocycles. The Hall–Kier alpha value is -7.21. The molecule has 11 aromatic rings. The zero-order valence-corrected chi connectivity index (χ0v) is 30.9. The zero-order chi connectivity index (χ0) is 37.0. The van der Waals surface area contributed by atoms with Crippen LogP contribution in [-0.4, -0.2) is 15.0 Å². The predicted molar refractivity (Wildman–Crippen MR) is 233 cm³/mol. The number of thiophene rings is 1. The van der Waals surface area contributed by atoms with Crippen LogP contribution in [0.4, 0.5) is 0 Å². The van der Waals surface area contributed by atoms with Crippen molar-refractivity contribution in [1.29, 1.82) is 0 Å². The van der Waals surface area contributed by atoms with Crippen LogP contribution in [0.1, 0.15) is 0 Å². The van der Waals surface area contributed by atoms with Gasteiger partial charge in [0.1, 0.15) is 11.2 Å². The molecule has 0 amide bonds. The van der Waals surface area contributed by atoms with Gasteiger partial charge in [-0.2, -0.15) is 0 Å². The third kappa shape index (κ3) is 5.48. The summed E-state index contributed by atoms with van der Waals surface area (Å²) in [5.74, 6) is 1.83. The number of benzene rings is 8. The Balaban J connectivity index is 1.12. The largest absolute Gasteiger partial charge is 0.456 e. The Labute approximate surface area is 327 Å². The molecule has 0 spiro atoms. The highest BCUT2D eigenvalue weighted by Crippen LogP contribution is 2.46. The minimum Gasteiger partial charge on any atom is -0.456 e. The molecule has 0 aliphatic heterocycles. The van der Waals surface area contributed by atoms with Gasteiger partial charge in [0.15, 0.2) is 17.5 Å². The highest BCUT2D eigenvalue weighted by molar-refractivity contribution is 7.26. The monoisotopic (exact) mass is 733 g/mol. The van der Waals surface area contributed by atoms with Crippen LogP contribution < -0.4 is 0 Å². The van der Waals surface area contributed by atoms with Crippen molar-refractivity contribution >= 4 is 53.4 Å². The van der Waals surface area contributed by atoms with Crippen molar-refractivity contribution in [3.63, 3.8) is 0 Å². The Morgan fingerprint density at radius 3 is 1.70 bits per heavy atom. The molecule has 0 N–H and O–H groups in total. The lowest BCUT2D eigenvalue weighted by Crippen LogP contribution is -2.00. The van der Waals surface area contributed by atoms with Gasteiger partial charge in [0, 0.05) is 53.2 Å². The van der Waals surface area contributed by atoms with Crippen LogP contribution in [0.15, 0.2) is 192 Å². The summed E-state index contributed by atoms with van der Waals surface area (Å²) < 4.78 is 9.12. The third-order valence-electron chi connectivity index (χ3n) is 10.6. The number of furan rings is 1. The van der Waals surface area contributed by atoms with Gasteiger partial charge in [0.05, 0.1) is 0 Å². The number of nitrogens with zero attached hydrogens (tertiary/aromatic N) is 3. The number of fused-ring (bicyclic) bond motifs is 6. The van der Waals surface area contributed by atoms with Gasteiger partial charge in [-0.05, 0) is 52.1 Å². The van der Waals surface area contributed by atoms with E-state index in [0.29, 0.717) is 17.5 Å². The minimum absolute atomic E-state index is 0.594. The normalized spacial score (nSPS) is 11.6. The Kier molecular flexibility index (Phi) is 7.64. The summed E-state index contributed by atoms with van der Waals surface area (Å²) in [6.07, 6.45) is 0. The topological polar surface area (TPSA) is 51.8 Å². The molecule has 0 bridgehead atoms. The van der Waals surface area contributed by atoms with E-state index in [2.05, 4.69) is 140 Å². The minimum atomic E-state index is 0.594. The van der Waals surface area contributed by atoms with Crippen LogP contribution in [0.3, 0.4) is 0 Å². The summed E-state index contributed by atoms with van der Waals surface area (Å²) in [5, 5.41) is 4.53. The first-order valence-corrected chi connectivity index (χ1v) is 19.5. The van der Waals surface area contributed by atoms with Gasteiger partial charge >= 0.3 is 0 Å². The molecular formula is C51H31N3OS. The lowest BCUT2D eigenvalue weighted by Gasteiger charge is -2.13. The molecule has 0 fully saturated rings. The lowest BCUT2D eigenvalue weighted by atomic mass is 9.92. The van der Waals surface area contributed by atoms with Crippen molar-refractivity contribution in [2.45, 2.75) is 0 Å². The summed E-state index contributed by atoms with van der Waals surface area (Å²) in [7, 11) is 0. The van der Waals surface area contributed by atoms with Crippen molar-refractivity contribution in [3.05, 3.63) is 188 Å². The van der Waals surface area contributed by atoms with E-state index in [1.807, 2.05) is 59.9 Å². The molecule has 11 rings (SSSR count). The number of aromatic nitrogens is 3. The van der Waals surface area contributed by atoms with Crippen LogP contribution in [0.2, 0.25) is 0 Å². The average molecular weight is 734 g/mol. The van der Waals surface area contributed by atoms with Gasteiger partial charge < -0.3 is 4.42 Å². The molecule has 0 saturated carbocycles. The van der Waals surface area contributed by atoms with Gasteiger partial charge in [-0.25, -0.2) is 15.0 Å². The van der Waals surface area contributed by atoms with Crippen molar-refractivity contribution in [2.75, 3.05) is 0 Å². The summed E-state index contributed by atoms with van der Waals surface area (Å²) in [4.78, 5) is 15.3. The quantitative estimate of drug-likeness (QED) is 0.171. The fraction of sp³-hybridized carbons (Fsp3) is 0. The maximum atomic E-state index is 6.57. The Morgan fingerprint density at radius 2 is 0.946 bits per heavy atom. The molecule has 0 aliphatic rings. The van der Waals surface area contributed by atoms with Crippen LogP contribution in [0.25, 0.3) is 110 Å². The Morgan fingerprint density at radius 1 is 0.357 bits per heavy atom. The molecule has 0 unspecified atom stereocenters. The lowest BCUT2D eigenvalue weighted by molar-refractivity contribution is 0.669. The summed E-state index contributed by atoms with van der Waals surface area (Å²) >= 11 is 1.85. The second-order valence-electron chi connectivity index (χ2n) is 13.9. The molecule has 262 valence electrons. The molecule has 0 saturated heterocycles. The average Bonchev–Trinajstić information content (AvgIpc) is 3.85. The second-order valence-corrected chi connectivity index (χ2v) is 15.0. The van der Waals surface area contributed by atoms with Crippen LogP contribution in [-0.2, 0) is 0 Å². The van der Waals surface area contributed by atoms with E-state index in [-0.39, 0.29) is 0 Å². The molecule has 0 radical (unpaired) electrons. The number of hydrogen-bond acceptors (Lipinski definition) is 5. The number of rotatable bonds is 6. The van der Waals surface area contributed by atoms with Gasteiger partial charge in [-0.15, -0.1) is 11.3 Å². The van der Waals surface area contributed by atoms with E-state index in [4.69, 9.17) is 19.4 Å². The highest BCUT2D eigenvalue weighted by Gasteiger charge is 2.21. The number of hydrogen-bond donors (Lipinski definition) is 0. The fourth-order valence-electron chi connectivity index (χ4n) is 7.89. The fourth-order valence-corrected chi connectivity index (χ4v) is 9.16. The molecule has 0 aliphatic carbocycles.